The zero-order chi connectivity index (χ0) is 23.1. The lowest BCUT2D eigenvalue weighted by Gasteiger charge is -2.35. The molecule has 3 aromatic heterocycles. The summed E-state index contributed by atoms with van der Waals surface area (Å²) in [5.41, 5.74) is 1.67. The summed E-state index contributed by atoms with van der Waals surface area (Å²) in [4.78, 5) is 38.9. The van der Waals surface area contributed by atoms with E-state index in [4.69, 9.17) is 9.40 Å². The molecule has 0 radical (unpaired) electrons. The van der Waals surface area contributed by atoms with E-state index >= 15 is 0 Å². The lowest BCUT2D eigenvalue weighted by Crippen LogP contribution is -2.40. The van der Waals surface area contributed by atoms with Crippen LogP contribution >= 0.6 is 11.8 Å². The molecule has 1 aliphatic rings. The van der Waals surface area contributed by atoms with Crippen molar-refractivity contribution >= 4 is 40.0 Å². The number of hydrogen-bond acceptors (Lipinski definition) is 7. The predicted octanol–water partition coefficient (Wildman–Crippen LogP) is 3.23. The summed E-state index contributed by atoms with van der Waals surface area (Å²) < 4.78 is 9.19. The molecule has 1 saturated heterocycles. The number of nitrogens with zero attached hydrogens (tertiary/aromatic N) is 5. The highest BCUT2D eigenvalue weighted by Gasteiger charge is 2.27. The molecule has 1 aliphatic heterocycles. The van der Waals surface area contributed by atoms with E-state index < -0.39 is 11.2 Å². The molecule has 5 rings (SSSR count). The fourth-order valence-electron chi connectivity index (χ4n) is 4.80. The van der Waals surface area contributed by atoms with Gasteiger partial charge in [-0.2, -0.15) is 4.98 Å². The minimum atomic E-state index is -0.449. The van der Waals surface area contributed by atoms with Crippen molar-refractivity contribution in [2.24, 2.45) is 18.9 Å². The van der Waals surface area contributed by atoms with Gasteiger partial charge in [0.25, 0.3) is 10.8 Å². The summed E-state index contributed by atoms with van der Waals surface area (Å²) in [6.07, 6.45) is 1.97. The molecule has 10 heteroatoms. The van der Waals surface area contributed by atoms with Crippen LogP contribution in [0.15, 0.2) is 43.5 Å². The van der Waals surface area contributed by atoms with Gasteiger partial charge in [0.15, 0.2) is 16.7 Å². The predicted molar refractivity (Wildman–Crippen MR) is 130 cm³/mol. The van der Waals surface area contributed by atoms with Crippen LogP contribution in [-0.2, 0) is 13.6 Å². The molecule has 0 bridgehead atoms. The topological polar surface area (TPSA) is 102 Å². The molecule has 1 aromatic carbocycles. The number of piperidine rings is 1. The third-order valence-electron chi connectivity index (χ3n) is 6.16. The number of hydrogen-bond donors (Lipinski definition) is 1. The number of rotatable bonds is 6. The van der Waals surface area contributed by atoms with E-state index in [0.717, 1.165) is 42.3 Å². The first-order valence-corrected chi connectivity index (χ1v) is 12.3. The van der Waals surface area contributed by atoms with E-state index in [9.17, 15) is 9.59 Å². The Morgan fingerprint density at radius 2 is 1.91 bits per heavy atom. The zero-order valence-corrected chi connectivity index (χ0v) is 19.9. The summed E-state index contributed by atoms with van der Waals surface area (Å²) in [6.45, 7) is 6.87. The monoisotopic (exact) mass is 468 g/mol. The molecule has 2 unspecified atom stereocenters. The number of oxazole rings is 1. The van der Waals surface area contributed by atoms with Gasteiger partial charge in [-0.3, -0.25) is 14.3 Å². The summed E-state index contributed by atoms with van der Waals surface area (Å²) in [6, 6.07) is 7.72. The van der Waals surface area contributed by atoms with Gasteiger partial charge in [-0.25, -0.2) is 9.78 Å². The Hall–Kier alpha value is -3.01. The molecule has 0 amide bonds. The molecule has 2 atom stereocenters. The Kier molecular flexibility index (Phi) is 5.77. The molecule has 0 aliphatic carbocycles. The molecule has 4 aromatic rings. The molecule has 0 saturated carbocycles. The Morgan fingerprint density at radius 3 is 2.67 bits per heavy atom. The van der Waals surface area contributed by atoms with Crippen LogP contribution < -0.4 is 16.1 Å². The van der Waals surface area contributed by atoms with Gasteiger partial charge in [-0.05, 0) is 36.8 Å². The van der Waals surface area contributed by atoms with Crippen molar-refractivity contribution in [2.45, 2.75) is 38.5 Å². The Labute approximate surface area is 194 Å². The second-order valence-electron chi connectivity index (χ2n) is 9.05. The van der Waals surface area contributed by atoms with Crippen molar-refractivity contribution in [3.8, 4) is 0 Å². The van der Waals surface area contributed by atoms with E-state index in [1.54, 1.807) is 18.8 Å². The summed E-state index contributed by atoms with van der Waals surface area (Å²) >= 11 is 1.56. The fourth-order valence-corrected chi connectivity index (χ4v) is 5.56. The number of benzene rings is 1. The number of aromatic nitrogens is 5. The number of aromatic amines is 1. The average molecular weight is 469 g/mol. The first kappa shape index (κ1) is 21.8. The second kappa shape index (κ2) is 8.74. The van der Waals surface area contributed by atoms with Gasteiger partial charge < -0.3 is 13.9 Å². The average Bonchev–Trinajstić information content (AvgIpc) is 3.36. The van der Waals surface area contributed by atoms with Crippen LogP contribution in [0.1, 0.15) is 26.7 Å². The maximum Gasteiger partial charge on any atom is 0.329 e. The summed E-state index contributed by atoms with van der Waals surface area (Å²) in [7, 11) is 1.65. The molecule has 9 nitrogen and oxygen atoms in total. The zero-order valence-electron chi connectivity index (χ0n) is 19.1. The number of fused-ring (bicyclic) bond motifs is 2. The first-order chi connectivity index (χ1) is 15.9. The van der Waals surface area contributed by atoms with Crippen LogP contribution in [0.5, 0.6) is 0 Å². The lowest BCUT2D eigenvalue weighted by atomic mass is 9.92. The van der Waals surface area contributed by atoms with Gasteiger partial charge >= 0.3 is 5.69 Å². The van der Waals surface area contributed by atoms with E-state index in [1.165, 1.54) is 11.0 Å². The number of H-pyrrole nitrogens is 1. The van der Waals surface area contributed by atoms with E-state index in [-0.39, 0.29) is 0 Å². The number of nitrogens with one attached hydrogen (secondary N) is 1. The number of para-hydroxylation sites is 2. The van der Waals surface area contributed by atoms with Gasteiger partial charge in [0, 0.05) is 32.4 Å². The third-order valence-corrected chi connectivity index (χ3v) is 7.08. The van der Waals surface area contributed by atoms with Crippen LogP contribution in [0.4, 0.5) is 5.95 Å². The first-order valence-electron chi connectivity index (χ1n) is 11.3. The van der Waals surface area contributed by atoms with Gasteiger partial charge in [0.2, 0.25) is 5.95 Å². The second-order valence-corrected chi connectivity index (χ2v) is 10.1. The fraction of sp³-hybridized carbons (Fsp3) is 0.478. The summed E-state index contributed by atoms with van der Waals surface area (Å²) in [5.74, 6) is 2.63. The maximum absolute atomic E-state index is 12.8. The lowest BCUT2D eigenvalue weighted by molar-refractivity contribution is 0.351. The molecule has 0 spiro atoms. The minimum absolute atomic E-state index is 0.392. The Morgan fingerprint density at radius 1 is 1.15 bits per heavy atom. The normalized spacial score (nSPS) is 19.1. The highest BCUT2D eigenvalue weighted by atomic mass is 32.2. The van der Waals surface area contributed by atoms with Crippen molar-refractivity contribution in [1.82, 2.24) is 24.1 Å². The Balaban J connectivity index is 1.42. The summed E-state index contributed by atoms with van der Waals surface area (Å²) in [5, 5.41) is 0.644. The van der Waals surface area contributed by atoms with E-state index in [0.29, 0.717) is 34.8 Å². The number of aryl methyl sites for hydroxylation is 2. The van der Waals surface area contributed by atoms with Gasteiger partial charge in [0.05, 0.1) is 0 Å². The molecule has 1 N–H and O–H groups in total. The van der Waals surface area contributed by atoms with E-state index in [2.05, 4.69) is 28.7 Å². The number of anilines is 1. The minimum Gasteiger partial charge on any atom is -0.431 e. The molecule has 1 fully saturated rings. The maximum atomic E-state index is 12.8. The van der Waals surface area contributed by atoms with Gasteiger partial charge in [-0.1, -0.05) is 37.7 Å². The van der Waals surface area contributed by atoms with Gasteiger partial charge in [0.1, 0.15) is 5.52 Å². The van der Waals surface area contributed by atoms with Crippen molar-refractivity contribution < 1.29 is 4.42 Å². The molecule has 4 heterocycles. The molecular weight excluding hydrogens is 440 g/mol. The number of thioether (sulfide) groups is 1. The van der Waals surface area contributed by atoms with Crippen LogP contribution in [0, 0.1) is 11.8 Å². The highest BCUT2D eigenvalue weighted by molar-refractivity contribution is 7.99. The standard InChI is InChI=1S/C23H28N6O3S/c1-14-11-15(2)13-28(12-14)21-25-19-18(20(30)26-22(31)27(19)3)29(21)9-6-10-33-23-24-16-7-4-5-8-17(16)32-23/h4-5,7-8,14-15H,6,9-13H2,1-3H3,(H,26,30,31). The van der Waals surface area contributed by atoms with Crippen molar-refractivity contribution in [3.05, 3.63) is 45.1 Å². The SMILES string of the molecule is CC1CC(C)CN(c2nc3c(c(=O)[nH]c(=O)n3C)n2CCCSc2nc3ccccc3o2)C1. The smallest absolute Gasteiger partial charge is 0.329 e. The van der Waals surface area contributed by atoms with Crippen molar-refractivity contribution in [3.63, 3.8) is 0 Å². The molecule has 33 heavy (non-hydrogen) atoms. The van der Waals surface area contributed by atoms with Crippen LogP contribution in [0.25, 0.3) is 22.3 Å². The quantitative estimate of drug-likeness (QED) is 0.342. The molecular formula is C23H28N6O3S. The highest BCUT2D eigenvalue weighted by Crippen LogP contribution is 2.29. The van der Waals surface area contributed by atoms with Crippen molar-refractivity contribution in [2.75, 3.05) is 23.7 Å². The largest absolute Gasteiger partial charge is 0.431 e. The third kappa shape index (κ3) is 4.19. The van der Waals surface area contributed by atoms with Crippen LogP contribution in [0.3, 0.4) is 0 Å². The van der Waals surface area contributed by atoms with Crippen LogP contribution in [-0.4, -0.2) is 42.9 Å². The van der Waals surface area contributed by atoms with E-state index in [1.807, 2.05) is 28.8 Å². The number of imidazole rings is 1. The van der Waals surface area contributed by atoms with Gasteiger partial charge in [-0.15, -0.1) is 0 Å². The van der Waals surface area contributed by atoms with Crippen molar-refractivity contribution in [1.29, 1.82) is 0 Å². The Bertz CT molecular complexity index is 1370. The van der Waals surface area contributed by atoms with Crippen LogP contribution in [0.2, 0.25) is 0 Å². The molecule has 174 valence electrons.